The van der Waals surface area contributed by atoms with Gasteiger partial charge in [0.2, 0.25) is 5.91 Å². The van der Waals surface area contributed by atoms with Gasteiger partial charge in [-0.15, -0.1) is 0 Å². The molecule has 0 aliphatic carbocycles. The summed E-state index contributed by atoms with van der Waals surface area (Å²) in [5, 5.41) is 6.80. The largest absolute Gasteiger partial charge is 0.401 e. The Hall–Kier alpha value is -2.09. The van der Waals surface area contributed by atoms with Crippen molar-refractivity contribution < 1.29 is 22.8 Å². The molecule has 8 heteroatoms. The summed E-state index contributed by atoms with van der Waals surface area (Å²) in [7, 11) is 1.47. The molecule has 1 aromatic rings. The van der Waals surface area contributed by atoms with Crippen molar-refractivity contribution in [2.75, 3.05) is 25.5 Å². The van der Waals surface area contributed by atoms with Gasteiger partial charge in [0, 0.05) is 18.3 Å². The zero-order chi connectivity index (χ0) is 15.2. The zero-order valence-corrected chi connectivity index (χ0v) is 10.7. The van der Waals surface area contributed by atoms with Crippen molar-refractivity contribution in [2.24, 2.45) is 0 Å². The molecule has 0 saturated heterocycles. The van der Waals surface area contributed by atoms with E-state index in [4.69, 9.17) is 0 Å². The highest BCUT2D eigenvalue weighted by molar-refractivity contribution is 5.97. The molecule has 0 saturated carbocycles. The maximum Gasteiger partial charge on any atom is 0.401 e. The second-order valence-electron chi connectivity index (χ2n) is 3.93. The van der Waals surface area contributed by atoms with Crippen LogP contribution in [0.4, 0.5) is 18.9 Å². The van der Waals surface area contributed by atoms with E-state index in [1.807, 2.05) is 5.32 Å². The van der Waals surface area contributed by atoms with Gasteiger partial charge >= 0.3 is 6.18 Å². The molecule has 3 N–H and O–H groups in total. The van der Waals surface area contributed by atoms with Crippen LogP contribution in [0.2, 0.25) is 0 Å². The summed E-state index contributed by atoms with van der Waals surface area (Å²) in [6.45, 7) is -1.71. The molecule has 0 spiro atoms. The van der Waals surface area contributed by atoms with Crippen molar-refractivity contribution in [1.82, 2.24) is 10.6 Å². The minimum Gasteiger partial charge on any atom is -0.355 e. The van der Waals surface area contributed by atoms with E-state index >= 15 is 0 Å². The Bertz CT molecular complexity index is 489. The summed E-state index contributed by atoms with van der Waals surface area (Å²) in [6.07, 6.45) is -4.36. The van der Waals surface area contributed by atoms with Gasteiger partial charge in [0.15, 0.2) is 0 Å². The number of nitrogens with one attached hydrogen (secondary N) is 3. The Morgan fingerprint density at radius 2 is 1.95 bits per heavy atom. The molecule has 0 aromatic heterocycles. The quantitative estimate of drug-likeness (QED) is 0.761. The number of hydrogen-bond acceptors (Lipinski definition) is 3. The Kier molecular flexibility index (Phi) is 5.51. The molecule has 5 nitrogen and oxygen atoms in total. The second kappa shape index (κ2) is 6.90. The lowest BCUT2D eigenvalue weighted by Gasteiger charge is -2.09. The molecule has 1 aromatic carbocycles. The van der Waals surface area contributed by atoms with E-state index < -0.39 is 25.2 Å². The third-order valence-corrected chi connectivity index (χ3v) is 2.25. The van der Waals surface area contributed by atoms with Crippen molar-refractivity contribution in [1.29, 1.82) is 0 Å². The maximum absolute atomic E-state index is 11.9. The highest BCUT2D eigenvalue weighted by Gasteiger charge is 2.26. The predicted molar refractivity (Wildman–Crippen MR) is 67.4 cm³/mol. The Morgan fingerprint density at radius 1 is 1.25 bits per heavy atom. The van der Waals surface area contributed by atoms with Crippen molar-refractivity contribution >= 4 is 17.5 Å². The van der Waals surface area contributed by atoms with Crippen LogP contribution in [0.15, 0.2) is 24.3 Å². The van der Waals surface area contributed by atoms with Crippen molar-refractivity contribution in [3.8, 4) is 0 Å². The summed E-state index contributed by atoms with van der Waals surface area (Å²) in [4.78, 5) is 22.8. The topological polar surface area (TPSA) is 70.2 Å². The van der Waals surface area contributed by atoms with Crippen LogP contribution >= 0.6 is 0 Å². The number of alkyl halides is 3. The van der Waals surface area contributed by atoms with Crippen LogP contribution in [0.3, 0.4) is 0 Å². The summed E-state index contributed by atoms with van der Waals surface area (Å²) in [5.74, 6) is -0.945. The highest BCUT2D eigenvalue weighted by Crippen LogP contribution is 2.12. The van der Waals surface area contributed by atoms with E-state index in [0.717, 1.165) is 0 Å². The third kappa shape index (κ3) is 5.70. The molecular formula is C12H14F3N3O2. The number of halogens is 3. The predicted octanol–water partition coefficient (Wildman–Crippen LogP) is 1.14. The number of amides is 2. The number of carbonyl (C=O) groups is 2. The molecule has 0 atom stereocenters. The second-order valence-corrected chi connectivity index (χ2v) is 3.93. The van der Waals surface area contributed by atoms with Gasteiger partial charge in [-0.3, -0.25) is 9.59 Å². The van der Waals surface area contributed by atoms with E-state index in [2.05, 4.69) is 10.6 Å². The lowest BCUT2D eigenvalue weighted by Crippen LogP contribution is -2.35. The highest BCUT2D eigenvalue weighted by atomic mass is 19.4. The Morgan fingerprint density at radius 3 is 2.55 bits per heavy atom. The molecule has 0 unspecified atom stereocenters. The van der Waals surface area contributed by atoms with E-state index in [-0.39, 0.29) is 5.91 Å². The standard InChI is InChI=1S/C12H14F3N3O2/c1-16-11(20)8-3-2-4-9(5-8)18-10(19)6-17-7-12(13,14)15/h2-5,17H,6-7H2,1H3,(H,16,20)(H,18,19). The van der Waals surface area contributed by atoms with Crippen LogP contribution in [0, 0.1) is 0 Å². The molecule has 0 radical (unpaired) electrons. The van der Waals surface area contributed by atoms with Crippen LogP contribution in [0.25, 0.3) is 0 Å². The monoisotopic (exact) mass is 289 g/mol. The average molecular weight is 289 g/mol. The van der Waals surface area contributed by atoms with Crippen molar-refractivity contribution in [3.05, 3.63) is 29.8 Å². The van der Waals surface area contributed by atoms with Crippen LogP contribution < -0.4 is 16.0 Å². The summed E-state index contributed by atoms with van der Waals surface area (Å²) >= 11 is 0. The average Bonchev–Trinajstić information content (AvgIpc) is 2.36. The number of rotatable bonds is 5. The number of benzene rings is 1. The minimum atomic E-state index is -4.36. The third-order valence-electron chi connectivity index (χ3n) is 2.25. The first-order valence-electron chi connectivity index (χ1n) is 5.71. The SMILES string of the molecule is CNC(=O)c1cccc(NC(=O)CNCC(F)(F)F)c1. The molecule has 110 valence electrons. The van der Waals surface area contributed by atoms with Gasteiger partial charge in [0.25, 0.3) is 5.91 Å². The first kappa shape index (κ1) is 16.0. The first-order valence-corrected chi connectivity index (χ1v) is 5.71. The van der Waals surface area contributed by atoms with Gasteiger partial charge < -0.3 is 16.0 Å². The summed E-state index contributed by atoms with van der Waals surface area (Å²) in [5.41, 5.74) is 0.679. The van der Waals surface area contributed by atoms with Crippen LogP contribution in [-0.4, -0.2) is 38.1 Å². The molecule has 0 bridgehead atoms. The van der Waals surface area contributed by atoms with Gasteiger partial charge in [-0.05, 0) is 18.2 Å². The number of hydrogen-bond donors (Lipinski definition) is 3. The van der Waals surface area contributed by atoms with Crippen LogP contribution in [0.5, 0.6) is 0 Å². The van der Waals surface area contributed by atoms with E-state index in [9.17, 15) is 22.8 Å². The van der Waals surface area contributed by atoms with Gasteiger partial charge in [-0.2, -0.15) is 13.2 Å². The van der Waals surface area contributed by atoms with E-state index in [1.54, 1.807) is 12.1 Å². The lowest BCUT2D eigenvalue weighted by molar-refractivity contribution is -0.126. The van der Waals surface area contributed by atoms with Gasteiger partial charge in [0.1, 0.15) is 0 Å². The first-order chi connectivity index (χ1) is 9.31. The lowest BCUT2D eigenvalue weighted by atomic mass is 10.2. The smallest absolute Gasteiger partial charge is 0.355 e. The maximum atomic E-state index is 11.9. The minimum absolute atomic E-state index is 0.323. The molecule has 1 rings (SSSR count). The fourth-order valence-electron chi connectivity index (χ4n) is 1.41. The Labute approximate surface area is 113 Å². The van der Waals surface area contributed by atoms with Crippen molar-refractivity contribution in [2.45, 2.75) is 6.18 Å². The van der Waals surface area contributed by atoms with Crippen LogP contribution in [0.1, 0.15) is 10.4 Å². The summed E-state index contributed by atoms with van der Waals surface area (Å²) < 4.78 is 35.6. The molecular weight excluding hydrogens is 275 g/mol. The zero-order valence-electron chi connectivity index (χ0n) is 10.7. The Balaban J connectivity index is 2.52. The number of anilines is 1. The molecule has 20 heavy (non-hydrogen) atoms. The van der Waals surface area contributed by atoms with Crippen molar-refractivity contribution in [3.63, 3.8) is 0 Å². The van der Waals surface area contributed by atoms with Crippen LogP contribution in [-0.2, 0) is 4.79 Å². The normalized spacial score (nSPS) is 11.0. The summed E-state index contributed by atoms with van der Waals surface area (Å²) in [6, 6.07) is 6.08. The fraction of sp³-hybridized carbons (Fsp3) is 0.333. The molecule has 0 heterocycles. The fourth-order valence-corrected chi connectivity index (χ4v) is 1.41. The molecule has 0 fully saturated rings. The molecule has 2 amide bonds. The van der Waals surface area contributed by atoms with E-state index in [1.165, 1.54) is 19.2 Å². The number of carbonyl (C=O) groups excluding carboxylic acids is 2. The van der Waals surface area contributed by atoms with Gasteiger partial charge in [-0.25, -0.2) is 0 Å². The molecule has 0 aliphatic heterocycles. The van der Waals surface area contributed by atoms with Gasteiger partial charge in [-0.1, -0.05) is 6.07 Å². The molecule has 0 aliphatic rings. The van der Waals surface area contributed by atoms with Gasteiger partial charge in [0.05, 0.1) is 13.1 Å². The van der Waals surface area contributed by atoms with E-state index in [0.29, 0.717) is 11.3 Å².